The molecule has 0 aromatic carbocycles. The van der Waals surface area contributed by atoms with Gasteiger partial charge in [0.1, 0.15) is 6.10 Å². The van der Waals surface area contributed by atoms with Crippen molar-refractivity contribution in [3.8, 4) is 10.8 Å². The standard InChI is InChI=1S/C12H16N2O2S/c1-4-5-9(15)11-13-12(16-14-11)10-6-7(2)8(3)17-10/h6,9,15H,4-5H2,1-3H3. The molecule has 2 aromatic rings. The van der Waals surface area contributed by atoms with Crippen molar-refractivity contribution in [2.24, 2.45) is 0 Å². The number of rotatable bonds is 4. The smallest absolute Gasteiger partial charge is 0.268 e. The van der Waals surface area contributed by atoms with Crippen LogP contribution in [-0.2, 0) is 0 Å². The summed E-state index contributed by atoms with van der Waals surface area (Å²) in [5, 5.41) is 13.6. The van der Waals surface area contributed by atoms with E-state index in [0.29, 0.717) is 18.1 Å². The topological polar surface area (TPSA) is 59.2 Å². The molecule has 0 aliphatic rings. The van der Waals surface area contributed by atoms with E-state index in [-0.39, 0.29) is 0 Å². The lowest BCUT2D eigenvalue weighted by atomic mass is 10.2. The van der Waals surface area contributed by atoms with E-state index in [2.05, 4.69) is 24.0 Å². The van der Waals surface area contributed by atoms with Gasteiger partial charge in [-0.25, -0.2) is 0 Å². The molecule has 0 aliphatic carbocycles. The Hall–Kier alpha value is -1.20. The lowest BCUT2D eigenvalue weighted by Gasteiger charge is -2.00. The fraction of sp³-hybridized carbons (Fsp3) is 0.500. The van der Waals surface area contributed by atoms with Gasteiger partial charge < -0.3 is 9.63 Å². The molecule has 0 saturated heterocycles. The highest BCUT2D eigenvalue weighted by Gasteiger charge is 2.17. The third-order valence-corrected chi connectivity index (χ3v) is 3.82. The van der Waals surface area contributed by atoms with Crippen molar-refractivity contribution in [1.29, 1.82) is 0 Å². The molecule has 0 fully saturated rings. The van der Waals surface area contributed by atoms with E-state index < -0.39 is 6.10 Å². The van der Waals surface area contributed by atoms with Crippen molar-refractivity contribution in [2.45, 2.75) is 39.7 Å². The van der Waals surface area contributed by atoms with Crippen molar-refractivity contribution in [3.05, 3.63) is 22.3 Å². The molecule has 2 rings (SSSR count). The number of hydrogen-bond acceptors (Lipinski definition) is 5. The van der Waals surface area contributed by atoms with Crippen LogP contribution in [0.25, 0.3) is 10.8 Å². The summed E-state index contributed by atoms with van der Waals surface area (Å²) in [6.45, 7) is 6.13. The van der Waals surface area contributed by atoms with Crippen molar-refractivity contribution in [2.75, 3.05) is 0 Å². The first-order chi connectivity index (χ1) is 8.11. The molecule has 1 N–H and O–H groups in total. The Labute approximate surface area is 104 Å². The molecule has 0 bridgehead atoms. The van der Waals surface area contributed by atoms with E-state index >= 15 is 0 Å². The van der Waals surface area contributed by atoms with Crippen LogP contribution < -0.4 is 0 Å². The minimum Gasteiger partial charge on any atom is -0.385 e. The average molecular weight is 252 g/mol. The van der Waals surface area contributed by atoms with E-state index in [4.69, 9.17) is 4.52 Å². The van der Waals surface area contributed by atoms with E-state index in [1.165, 1.54) is 10.4 Å². The van der Waals surface area contributed by atoms with Crippen LogP contribution in [0.5, 0.6) is 0 Å². The second-order valence-corrected chi connectivity index (χ2v) is 5.37. The quantitative estimate of drug-likeness (QED) is 0.907. The Kier molecular flexibility index (Phi) is 3.59. The average Bonchev–Trinajstić information content (AvgIpc) is 2.87. The lowest BCUT2D eigenvalue weighted by molar-refractivity contribution is 0.153. The van der Waals surface area contributed by atoms with Gasteiger partial charge in [-0.15, -0.1) is 11.3 Å². The van der Waals surface area contributed by atoms with Gasteiger partial charge in [0.2, 0.25) is 5.82 Å². The second kappa shape index (κ2) is 4.98. The molecule has 2 heterocycles. The molecular weight excluding hydrogens is 236 g/mol. The molecule has 1 atom stereocenters. The predicted molar refractivity (Wildman–Crippen MR) is 67.0 cm³/mol. The third-order valence-electron chi connectivity index (χ3n) is 2.68. The maximum Gasteiger partial charge on any atom is 0.268 e. The zero-order valence-electron chi connectivity index (χ0n) is 10.2. The van der Waals surface area contributed by atoms with Crippen molar-refractivity contribution in [1.82, 2.24) is 10.1 Å². The zero-order chi connectivity index (χ0) is 12.4. The fourth-order valence-corrected chi connectivity index (χ4v) is 2.51. The molecule has 4 nitrogen and oxygen atoms in total. The molecule has 17 heavy (non-hydrogen) atoms. The van der Waals surface area contributed by atoms with E-state index in [1.54, 1.807) is 11.3 Å². The molecule has 2 aromatic heterocycles. The van der Waals surface area contributed by atoms with Crippen LogP contribution in [0.4, 0.5) is 0 Å². The predicted octanol–water partition coefficient (Wildman–Crippen LogP) is 3.25. The maximum absolute atomic E-state index is 9.76. The van der Waals surface area contributed by atoms with Crippen LogP contribution >= 0.6 is 11.3 Å². The van der Waals surface area contributed by atoms with E-state index in [0.717, 1.165) is 11.3 Å². The normalized spacial score (nSPS) is 12.9. The van der Waals surface area contributed by atoms with Crippen LogP contribution in [0, 0.1) is 13.8 Å². The molecule has 0 radical (unpaired) electrons. The largest absolute Gasteiger partial charge is 0.385 e. The molecular formula is C12H16N2O2S. The van der Waals surface area contributed by atoms with Gasteiger partial charge in [-0.2, -0.15) is 4.98 Å². The molecule has 0 saturated carbocycles. The van der Waals surface area contributed by atoms with Crippen molar-refractivity contribution in [3.63, 3.8) is 0 Å². The first-order valence-corrected chi connectivity index (χ1v) is 6.52. The van der Waals surface area contributed by atoms with Crippen LogP contribution in [0.1, 0.15) is 42.1 Å². The number of aryl methyl sites for hydroxylation is 2. The van der Waals surface area contributed by atoms with Gasteiger partial charge in [0.05, 0.1) is 4.88 Å². The summed E-state index contributed by atoms with van der Waals surface area (Å²) < 4.78 is 5.18. The molecule has 5 heteroatoms. The summed E-state index contributed by atoms with van der Waals surface area (Å²) in [6, 6.07) is 2.03. The number of nitrogens with zero attached hydrogens (tertiary/aromatic N) is 2. The van der Waals surface area contributed by atoms with Gasteiger partial charge in [-0.1, -0.05) is 18.5 Å². The van der Waals surface area contributed by atoms with Crippen LogP contribution in [-0.4, -0.2) is 15.2 Å². The van der Waals surface area contributed by atoms with Crippen LogP contribution in [0.2, 0.25) is 0 Å². The van der Waals surface area contributed by atoms with Gasteiger partial charge in [-0.3, -0.25) is 0 Å². The monoisotopic (exact) mass is 252 g/mol. The number of aromatic nitrogens is 2. The Morgan fingerprint density at radius 1 is 1.47 bits per heavy atom. The Balaban J connectivity index is 2.23. The molecule has 1 unspecified atom stereocenters. The highest BCUT2D eigenvalue weighted by atomic mass is 32.1. The SMILES string of the molecule is CCCC(O)c1noc(-c2cc(C)c(C)s2)n1. The summed E-state index contributed by atoms with van der Waals surface area (Å²) in [5.74, 6) is 0.877. The maximum atomic E-state index is 9.76. The summed E-state index contributed by atoms with van der Waals surface area (Å²) in [4.78, 5) is 6.44. The minimum absolute atomic E-state index is 0.380. The Bertz CT molecular complexity index is 485. The number of thiophene rings is 1. The Morgan fingerprint density at radius 3 is 2.82 bits per heavy atom. The first-order valence-electron chi connectivity index (χ1n) is 5.71. The fourth-order valence-electron chi connectivity index (χ4n) is 1.55. The van der Waals surface area contributed by atoms with Crippen LogP contribution in [0.3, 0.4) is 0 Å². The first kappa shape index (κ1) is 12.3. The number of aliphatic hydroxyl groups excluding tert-OH is 1. The summed E-state index contributed by atoms with van der Waals surface area (Å²) in [7, 11) is 0. The van der Waals surface area contributed by atoms with Gasteiger partial charge in [0, 0.05) is 4.88 Å². The summed E-state index contributed by atoms with van der Waals surface area (Å²) in [6.07, 6.45) is 0.920. The van der Waals surface area contributed by atoms with E-state index in [9.17, 15) is 5.11 Å². The van der Waals surface area contributed by atoms with Gasteiger partial charge in [0.25, 0.3) is 5.89 Å². The van der Waals surface area contributed by atoms with Gasteiger partial charge >= 0.3 is 0 Å². The lowest BCUT2D eigenvalue weighted by Crippen LogP contribution is -1.98. The highest BCUT2D eigenvalue weighted by Crippen LogP contribution is 2.30. The minimum atomic E-state index is -0.625. The summed E-state index contributed by atoms with van der Waals surface area (Å²) in [5.41, 5.74) is 1.22. The molecule has 0 amide bonds. The number of aliphatic hydroxyl groups is 1. The number of hydrogen-bond donors (Lipinski definition) is 1. The molecule has 92 valence electrons. The van der Waals surface area contributed by atoms with Crippen LogP contribution in [0.15, 0.2) is 10.6 Å². The second-order valence-electron chi connectivity index (χ2n) is 4.11. The molecule has 0 spiro atoms. The summed E-state index contributed by atoms with van der Waals surface area (Å²) >= 11 is 1.63. The zero-order valence-corrected chi connectivity index (χ0v) is 11.0. The third kappa shape index (κ3) is 2.56. The van der Waals surface area contributed by atoms with Gasteiger partial charge in [0.15, 0.2) is 0 Å². The Morgan fingerprint density at radius 2 is 2.24 bits per heavy atom. The molecule has 0 aliphatic heterocycles. The van der Waals surface area contributed by atoms with Gasteiger partial charge in [-0.05, 0) is 31.9 Å². The van der Waals surface area contributed by atoms with Crippen molar-refractivity contribution >= 4 is 11.3 Å². The van der Waals surface area contributed by atoms with E-state index in [1.807, 2.05) is 13.0 Å². The highest BCUT2D eigenvalue weighted by molar-refractivity contribution is 7.15. The van der Waals surface area contributed by atoms with Crippen molar-refractivity contribution < 1.29 is 9.63 Å².